The third kappa shape index (κ3) is 1.91. The first-order valence-electron chi connectivity index (χ1n) is 7.53. The summed E-state index contributed by atoms with van der Waals surface area (Å²) in [6.45, 7) is 4.22. The number of hydrogen-bond donors (Lipinski definition) is 1. The normalized spacial score (nSPS) is 26.0. The number of thiocarbonyl (C=S) groups is 1. The van der Waals surface area contributed by atoms with Crippen LogP contribution in [0.4, 0.5) is 5.69 Å². The van der Waals surface area contributed by atoms with Gasteiger partial charge in [0.2, 0.25) is 0 Å². The molecule has 2 heterocycles. The van der Waals surface area contributed by atoms with Gasteiger partial charge in [-0.05, 0) is 43.8 Å². The first-order valence-corrected chi connectivity index (χ1v) is 7.94. The van der Waals surface area contributed by atoms with E-state index in [1.807, 2.05) is 30.3 Å². The molecule has 2 aromatic carbocycles. The molecule has 2 aromatic rings. The summed E-state index contributed by atoms with van der Waals surface area (Å²) in [7, 11) is 0. The van der Waals surface area contributed by atoms with Gasteiger partial charge in [-0.15, -0.1) is 0 Å². The summed E-state index contributed by atoms with van der Waals surface area (Å²) < 4.78 is 6.38. The van der Waals surface area contributed by atoms with E-state index in [9.17, 15) is 0 Å². The quantitative estimate of drug-likeness (QED) is 0.807. The minimum atomic E-state index is -0.465. The van der Waals surface area contributed by atoms with Gasteiger partial charge < -0.3 is 10.1 Å². The second-order valence-electron chi connectivity index (χ2n) is 6.14. The molecule has 0 aliphatic carbocycles. The number of anilines is 1. The third-order valence-electron chi connectivity index (χ3n) is 4.54. The molecule has 0 amide bonds. The van der Waals surface area contributed by atoms with Crippen LogP contribution >= 0.6 is 12.2 Å². The largest absolute Gasteiger partial charge is 0.467 e. The zero-order valence-corrected chi connectivity index (χ0v) is 13.5. The molecule has 0 unspecified atom stereocenters. The van der Waals surface area contributed by atoms with Crippen LogP contribution in [0.25, 0.3) is 0 Å². The van der Waals surface area contributed by atoms with E-state index >= 15 is 0 Å². The van der Waals surface area contributed by atoms with Crippen molar-refractivity contribution in [2.75, 3.05) is 4.90 Å². The lowest BCUT2D eigenvalue weighted by molar-refractivity contribution is 0.0497. The fraction of sp³-hybridized carbons (Fsp3) is 0.278. The monoisotopic (exact) mass is 310 g/mol. The Balaban J connectivity index is 1.84. The molecule has 3 nitrogen and oxygen atoms in total. The Morgan fingerprint density at radius 1 is 1.18 bits per heavy atom. The molecule has 0 spiro atoms. The maximum Gasteiger partial charge on any atom is 0.188 e. The predicted octanol–water partition coefficient (Wildman–Crippen LogP) is 3.93. The third-order valence-corrected chi connectivity index (χ3v) is 4.84. The minimum absolute atomic E-state index is 0.211. The number of nitrogens with one attached hydrogen (secondary N) is 1. The molecule has 1 N–H and O–H groups in total. The van der Waals surface area contributed by atoms with Crippen LogP contribution in [0.15, 0.2) is 48.5 Å². The molecule has 22 heavy (non-hydrogen) atoms. The van der Waals surface area contributed by atoms with Crippen LogP contribution in [-0.2, 0) is 0 Å². The number of ether oxygens (including phenoxy) is 1. The zero-order valence-electron chi connectivity index (χ0n) is 12.7. The molecule has 1 saturated heterocycles. The number of fused-ring (bicyclic) bond motifs is 4. The Morgan fingerprint density at radius 3 is 2.73 bits per heavy atom. The van der Waals surface area contributed by atoms with Crippen LogP contribution in [0.1, 0.15) is 30.5 Å². The van der Waals surface area contributed by atoms with E-state index in [-0.39, 0.29) is 6.04 Å². The van der Waals surface area contributed by atoms with Crippen molar-refractivity contribution in [3.63, 3.8) is 0 Å². The molecule has 4 rings (SSSR count). The molecule has 1 fully saturated rings. The van der Waals surface area contributed by atoms with Crippen LogP contribution in [0.2, 0.25) is 0 Å². The standard InChI is InChI=1S/C18H18N2OS/c1-12-7-3-5-9-15(12)20-17(22)19-14-11-18(20,2)21-16-10-6-4-8-13(14)16/h3-10,14H,11H2,1-2H3,(H,19,22)/t14-,18+/m0/s1. The Hall–Kier alpha value is -2.07. The van der Waals surface area contributed by atoms with Gasteiger partial charge >= 0.3 is 0 Å². The van der Waals surface area contributed by atoms with E-state index in [0.717, 1.165) is 23.0 Å². The van der Waals surface area contributed by atoms with E-state index in [1.165, 1.54) is 11.1 Å². The van der Waals surface area contributed by atoms with Gasteiger partial charge in [0, 0.05) is 17.7 Å². The van der Waals surface area contributed by atoms with E-state index < -0.39 is 5.72 Å². The van der Waals surface area contributed by atoms with Gasteiger partial charge in [-0.2, -0.15) is 0 Å². The number of hydrogen-bond acceptors (Lipinski definition) is 2. The highest BCUT2D eigenvalue weighted by molar-refractivity contribution is 7.80. The highest BCUT2D eigenvalue weighted by Gasteiger charge is 2.48. The maximum absolute atomic E-state index is 6.38. The molecule has 4 heteroatoms. The van der Waals surface area contributed by atoms with Crippen LogP contribution < -0.4 is 15.0 Å². The van der Waals surface area contributed by atoms with Gasteiger partial charge in [0.1, 0.15) is 5.75 Å². The number of aryl methyl sites for hydroxylation is 1. The first-order chi connectivity index (χ1) is 10.6. The second-order valence-corrected chi connectivity index (χ2v) is 6.53. The Kier molecular flexibility index (Phi) is 2.91. The number of para-hydroxylation sites is 2. The van der Waals surface area contributed by atoms with Crippen molar-refractivity contribution in [2.24, 2.45) is 0 Å². The fourth-order valence-electron chi connectivity index (χ4n) is 3.50. The van der Waals surface area contributed by atoms with Gasteiger partial charge in [-0.3, -0.25) is 4.90 Å². The summed E-state index contributed by atoms with van der Waals surface area (Å²) in [6.07, 6.45) is 0.860. The lowest BCUT2D eigenvalue weighted by atomic mass is 9.90. The minimum Gasteiger partial charge on any atom is -0.467 e. The van der Waals surface area contributed by atoms with Crippen LogP contribution in [0, 0.1) is 6.92 Å². The summed E-state index contributed by atoms with van der Waals surface area (Å²) in [5.74, 6) is 0.940. The topological polar surface area (TPSA) is 24.5 Å². The van der Waals surface area contributed by atoms with Gasteiger partial charge in [-0.1, -0.05) is 36.4 Å². The van der Waals surface area contributed by atoms with Crippen LogP contribution in [0.3, 0.4) is 0 Å². The average molecular weight is 310 g/mol. The van der Waals surface area contributed by atoms with Crippen LogP contribution in [0.5, 0.6) is 5.75 Å². The van der Waals surface area contributed by atoms with Gasteiger partial charge in [0.05, 0.1) is 6.04 Å². The van der Waals surface area contributed by atoms with Gasteiger partial charge in [0.25, 0.3) is 0 Å². The zero-order chi connectivity index (χ0) is 15.3. The van der Waals surface area contributed by atoms with Crippen molar-refractivity contribution in [1.82, 2.24) is 5.32 Å². The molecule has 0 radical (unpaired) electrons. The molecule has 2 aliphatic rings. The van der Waals surface area contributed by atoms with Crippen molar-refractivity contribution in [3.05, 3.63) is 59.7 Å². The van der Waals surface area contributed by atoms with Crippen molar-refractivity contribution in [1.29, 1.82) is 0 Å². The van der Waals surface area contributed by atoms with Crippen molar-refractivity contribution < 1.29 is 4.74 Å². The summed E-state index contributed by atoms with van der Waals surface area (Å²) in [5, 5.41) is 4.21. The number of nitrogens with zero attached hydrogens (tertiary/aromatic N) is 1. The number of rotatable bonds is 1. The molecular formula is C18H18N2OS. The summed E-state index contributed by atoms with van der Waals surface area (Å²) in [5.41, 5.74) is 3.01. The van der Waals surface area contributed by atoms with Crippen molar-refractivity contribution in [3.8, 4) is 5.75 Å². The summed E-state index contributed by atoms with van der Waals surface area (Å²) in [6, 6.07) is 16.7. The average Bonchev–Trinajstić information content (AvgIpc) is 2.48. The highest BCUT2D eigenvalue weighted by Crippen LogP contribution is 2.45. The second kappa shape index (κ2) is 4.71. The summed E-state index contributed by atoms with van der Waals surface area (Å²) >= 11 is 5.66. The van der Waals surface area contributed by atoms with Crippen LogP contribution in [-0.4, -0.2) is 10.8 Å². The van der Waals surface area contributed by atoms with Gasteiger partial charge in [0.15, 0.2) is 10.8 Å². The van der Waals surface area contributed by atoms with Crippen molar-refractivity contribution >= 4 is 23.0 Å². The van der Waals surface area contributed by atoms with E-state index in [4.69, 9.17) is 17.0 Å². The SMILES string of the molecule is Cc1ccccc1N1C(=S)N[C@H]2C[C@@]1(C)Oc1ccccc12. The lowest BCUT2D eigenvalue weighted by Gasteiger charge is -2.52. The maximum atomic E-state index is 6.38. The van der Waals surface area contributed by atoms with Crippen molar-refractivity contribution in [2.45, 2.75) is 32.0 Å². The molecule has 2 atom stereocenters. The molecule has 0 saturated carbocycles. The Labute approximate surface area is 135 Å². The van der Waals surface area contributed by atoms with E-state index in [1.54, 1.807) is 0 Å². The smallest absolute Gasteiger partial charge is 0.188 e. The highest BCUT2D eigenvalue weighted by atomic mass is 32.1. The molecular weight excluding hydrogens is 292 g/mol. The van der Waals surface area contributed by atoms with E-state index in [0.29, 0.717) is 0 Å². The van der Waals surface area contributed by atoms with E-state index in [2.05, 4.69) is 42.3 Å². The number of benzene rings is 2. The molecule has 0 aromatic heterocycles. The Morgan fingerprint density at radius 2 is 1.91 bits per heavy atom. The van der Waals surface area contributed by atoms with Gasteiger partial charge in [-0.25, -0.2) is 0 Å². The lowest BCUT2D eigenvalue weighted by Crippen LogP contribution is -2.65. The molecule has 2 bridgehead atoms. The predicted molar refractivity (Wildman–Crippen MR) is 92.2 cm³/mol. The first kappa shape index (κ1) is 13.6. The summed E-state index contributed by atoms with van der Waals surface area (Å²) in [4.78, 5) is 2.12. The molecule has 112 valence electrons. The fourth-order valence-corrected chi connectivity index (χ4v) is 3.93. The molecule has 2 aliphatic heterocycles. The Bertz CT molecular complexity index is 760.